The second-order valence-corrected chi connectivity index (χ2v) is 6.39. The van der Waals surface area contributed by atoms with E-state index in [0.29, 0.717) is 11.3 Å². The number of rotatable bonds is 3. The number of hydrogen-bond acceptors (Lipinski definition) is 4. The Morgan fingerprint density at radius 1 is 1.13 bits per heavy atom. The normalized spacial score (nSPS) is 11.1. The molecule has 0 spiro atoms. The van der Waals surface area contributed by atoms with Gasteiger partial charge < -0.3 is 4.74 Å². The Morgan fingerprint density at radius 3 is 2.35 bits per heavy atom. The first kappa shape index (κ1) is 16.7. The minimum atomic E-state index is -0.528. The van der Waals surface area contributed by atoms with Crippen LogP contribution >= 0.6 is 0 Å². The van der Waals surface area contributed by atoms with Crippen LogP contribution in [0.1, 0.15) is 42.3 Å². The van der Waals surface area contributed by atoms with Crippen LogP contribution in [0.15, 0.2) is 42.5 Å². The minimum Gasteiger partial charge on any atom is -0.423 e. The summed E-state index contributed by atoms with van der Waals surface area (Å²) in [5.41, 5.74) is 1.46. The number of nitro groups is 1. The molecule has 0 aliphatic heterocycles. The third-order valence-electron chi connectivity index (χ3n) is 3.53. The lowest BCUT2D eigenvalue weighted by atomic mass is 9.86. The molecule has 0 fully saturated rings. The SMILES string of the molecule is Cc1cc(C(=O)Oc2ccccc2C(C)(C)C)ccc1[N+](=O)[O-]. The zero-order valence-electron chi connectivity index (χ0n) is 13.6. The van der Waals surface area contributed by atoms with Gasteiger partial charge in [-0.15, -0.1) is 0 Å². The monoisotopic (exact) mass is 313 g/mol. The van der Waals surface area contributed by atoms with Crippen LogP contribution < -0.4 is 4.74 Å². The molecular weight excluding hydrogens is 294 g/mol. The van der Waals surface area contributed by atoms with Crippen LogP contribution in [-0.4, -0.2) is 10.9 Å². The van der Waals surface area contributed by atoms with E-state index in [2.05, 4.69) is 0 Å². The predicted molar refractivity (Wildman–Crippen MR) is 87.9 cm³/mol. The lowest BCUT2D eigenvalue weighted by Crippen LogP contribution is -2.16. The minimum absolute atomic E-state index is 0.0170. The summed E-state index contributed by atoms with van der Waals surface area (Å²) in [6.45, 7) is 7.71. The Bertz CT molecular complexity index is 760. The number of benzene rings is 2. The number of ether oxygens (including phenoxy) is 1. The molecule has 120 valence electrons. The zero-order valence-corrected chi connectivity index (χ0v) is 13.6. The van der Waals surface area contributed by atoms with Crippen LogP contribution in [0, 0.1) is 17.0 Å². The summed E-state index contributed by atoms with van der Waals surface area (Å²) in [6.07, 6.45) is 0. The number of nitro benzene ring substituents is 1. The maximum atomic E-state index is 12.3. The van der Waals surface area contributed by atoms with Crippen molar-refractivity contribution < 1.29 is 14.5 Å². The summed E-state index contributed by atoms with van der Waals surface area (Å²) in [4.78, 5) is 22.7. The van der Waals surface area contributed by atoms with Gasteiger partial charge in [0.25, 0.3) is 5.69 Å². The van der Waals surface area contributed by atoms with Crippen LogP contribution in [0.25, 0.3) is 0 Å². The van der Waals surface area contributed by atoms with E-state index >= 15 is 0 Å². The van der Waals surface area contributed by atoms with Crippen molar-refractivity contribution in [1.82, 2.24) is 0 Å². The number of carbonyl (C=O) groups is 1. The number of aryl methyl sites for hydroxylation is 1. The molecule has 0 amide bonds. The highest BCUT2D eigenvalue weighted by Gasteiger charge is 2.21. The molecule has 2 rings (SSSR count). The maximum absolute atomic E-state index is 12.3. The van der Waals surface area contributed by atoms with Crippen molar-refractivity contribution in [2.24, 2.45) is 0 Å². The Morgan fingerprint density at radius 2 is 1.78 bits per heavy atom. The lowest BCUT2D eigenvalue weighted by Gasteiger charge is -2.22. The fraction of sp³-hybridized carbons (Fsp3) is 0.278. The van der Waals surface area contributed by atoms with Gasteiger partial charge in [0.15, 0.2) is 0 Å². The van der Waals surface area contributed by atoms with Gasteiger partial charge in [0, 0.05) is 17.2 Å². The lowest BCUT2D eigenvalue weighted by molar-refractivity contribution is -0.385. The highest BCUT2D eigenvalue weighted by atomic mass is 16.6. The van der Waals surface area contributed by atoms with E-state index in [1.165, 1.54) is 18.2 Å². The van der Waals surface area contributed by atoms with Crippen LogP contribution in [0.5, 0.6) is 5.75 Å². The topological polar surface area (TPSA) is 69.4 Å². The summed E-state index contributed by atoms with van der Waals surface area (Å²) in [5.74, 6) is -0.0271. The van der Waals surface area contributed by atoms with Crippen molar-refractivity contribution in [1.29, 1.82) is 0 Å². The van der Waals surface area contributed by atoms with Crippen LogP contribution in [-0.2, 0) is 5.41 Å². The first-order chi connectivity index (χ1) is 10.7. The van der Waals surface area contributed by atoms with E-state index in [9.17, 15) is 14.9 Å². The fourth-order valence-corrected chi connectivity index (χ4v) is 2.32. The molecule has 0 N–H and O–H groups in total. The van der Waals surface area contributed by atoms with Gasteiger partial charge in [-0.05, 0) is 30.5 Å². The van der Waals surface area contributed by atoms with E-state index < -0.39 is 10.9 Å². The first-order valence-corrected chi connectivity index (χ1v) is 7.27. The van der Waals surface area contributed by atoms with Gasteiger partial charge in [0.05, 0.1) is 10.5 Å². The second kappa shape index (κ2) is 6.20. The Labute approximate surface area is 135 Å². The quantitative estimate of drug-likeness (QED) is 0.364. The highest BCUT2D eigenvalue weighted by Crippen LogP contribution is 2.31. The number of hydrogen-bond donors (Lipinski definition) is 0. The Balaban J connectivity index is 2.30. The summed E-state index contributed by atoms with van der Waals surface area (Å²) in [6, 6.07) is 11.6. The number of nitrogens with zero attached hydrogens (tertiary/aromatic N) is 1. The third-order valence-corrected chi connectivity index (χ3v) is 3.53. The molecular formula is C18H19NO4. The molecule has 0 atom stereocenters. The van der Waals surface area contributed by atoms with Crippen LogP contribution in [0.3, 0.4) is 0 Å². The van der Waals surface area contributed by atoms with E-state index in [-0.39, 0.29) is 16.7 Å². The zero-order chi connectivity index (χ0) is 17.2. The van der Waals surface area contributed by atoms with E-state index in [4.69, 9.17) is 4.74 Å². The molecule has 0 unspecified atom stereocenters. The van der Waals surface area contributed by atoms with Gasteiger partial charge in [-0.2, -0.15) is 0 Å². The molecule has 5 nitrogen and oxygen atoms in total. The fourth-order valence-electron chi connectivity index (χ4n) is 2.32. The third kappa shape index (κ3) is 3.74. The van der Waals surface area contributed by atoms with Gasteiger partial charge >= 0.3 is 5.97 Å². The smallest absolute Gasteiger partial charge is 0.343 e. The number of carbonyl (C=O) groups excluding carboxylic acids is 1. The highest BCUT2D eigenvalue weighted by molar-refractivity contribution is 5.91. The molecule has 2 aromatic rings. The molecule has 0 aliphatic rings. The molecule has 0 bridgehead atoms. The van der Waals surface area contributed by atoms with E-state index in [1.54, 1.807) is 19.1 Å². The number of para-hydroxylation sites is 1. The molecule has 0 saturated heterocycles. The van der Waals surface area contributed by atoms with Crippen molar-refractivity contribution >= 4 is 11.7 Å². The van der Waals surface area contributed by atoms with Gasteiger partial charge in [0.1, 0.15) is 5.75 Å². The van der Waals surface area contributed by atoms with Crippen LogP contribution in [0.2, 0.25) is 0 Å². The largest absolute Gasteiger partial charge is 0.423 e. The summed E-state index contributed by atoms with van der Waals surface area (Å²) in [5, 5.41) is 10.8. The first-order valence-electron chi connectivity index (χ1n) is 7.27. The molecule has 0 saturated carbocycles. The van der Waals surface area contributed by atoms with Gasteiger partial charge in [-0.25, -0.2) is 4.79 Å². The Kier molecular flexibility index (Phi) is 4.50. The number of esters is 1. The molecule has 0 radical (unpaired) electrons. The van der Waals surface area contributed by atoms with Gasteiger partial charge in [0.2, 0.25) is 0 Å². The molecule has 2 aromatic carbocycles. The average Bonchev–Trinajstić information content (AvgIpc) is 2.46. The van der Waals surface area contributed by atoms with Crippen LogP contribution in [0.4, 0.5) is 5.69 Å². The Hall–Kier alpha value is -2.69. The van der Waals surface area contributed by atoms with Crippen molar-refractivity contribution in [2.45, 2.75) is 33.1 Å². The average molecular weight is 313 g/mol. The van der Waals surface area contributed by atoms with Crippen molar-refractivity contribution in [3.63, 3.8) is 0 Å². The molecule has 23 heavy (non-hydrogen) atoms. The molecule has 5 heteroatoms. The maximum Gasteiger partial charge on any atom is 0.343 e. The molecule has 0 aromatic heterocycles. The van der Waals surface area contributed by atoms with Gasteiger partial charge in [-0.1, -0.05) is 39.0 Å². The van der Waals surface area contributed by atoms with E-state index in [0.717, 1.165) is 5.56 Å². The second-order valence-electron chi connectivity index (χ2n) is 6.39. The molecule has 0 aliphatic carbocycles. The standard InChI is InChI=1S/C18H19NO4/c1-12-11-13(9-10-15(12)19(21)22)17(20)23-16-8-6-5-7-14(16)18(2,3)4/h5-11H,1-4H3. The van der Waals surface area contributed by atoms with E-state index in [1.807, 2.05) is 32.9 Å². The van der Waals surface area contributed by atoms with Crippen molar-refractivity contribution in [2.75, 3.05) is 0 Å². The van der Waals surface area contributed by atoms with Crippen molar-refractivity contribution in [3.05, 3.63) is 69.3 Å². The van der Waals surface area contributed by atoms with Crippen molar-refractivity contribution in [3.8, 4) is 5.75 Å². The summed E-state index contributed by atoms with van der Waals surface area (Å²) in [7, 11) is 0. The summed E-state index contributed by atoms with van der Waals surface area (Å²) < 4.78 is 5.50. The molecule has 0 heterocycles. The predicted octanol–water partition coefficient (Wildman–Crippen LogP) is 4.42. The summed E-state index contributed by atoms with van der Waals surface area (Å²) >= 11 is 0. The van der Waals surface area contributed by atoms with Gasteiger partial charge in [-0.3, -0.25) is 10.1 Å².